The van der Waals surface area contributed by atoms with E-state index in [0.717, 1.165) is 13.0 Å². The van der Waals surface area contributed by atoms with Crippen molar-refractivity contribution in [2.75, 3.05) is 25.1 Å². The standard InChI is InChI=1S/C18H19Cl2NO3/c1-2-10-23-11-12-24-14-8-6-13(7-9-14)18(22)21-16-5-3-4-15(19)17(16)20/h3-9H,2,10-12H2,1H3,(H,21,22). The van der Waals surface area contributed by atoms with Crippen molar-refractivity contribution in [2.45, 2.75) is 13.3 Å². The van der Waals surface area contributed by atoms with Crippen LogP contribution in [0.4, 0.5) is 5.69 Å². The number of halogens is 2. The number of carbonyl (C=O) groups is 1. The lowest BCUT2D eigenvalue weighted by Gasteiger charge is -2.09. The van der Waals surface area contributed by atoms with Crippen molar-refractivity contribution >= 4 is 34.8 Å². The third kappa shape index (κ3) is 5.41. The Bertz CT molecular complexity index is 674. The predicted octanol–water partition coefficient (Wildman–Crippen LogP) is 5.05. The molecule has 0 fully saturated rings. The second-order valence-corrected chi connectivity index (χ2v) is 5.83. The Labute approximate surface area is 151 Å². The maximum absolute atomic E-state index is 12.2. The number of hydrogen-bond acceptors (Lipinski definition) is 3. The van der Waals surface area contributed by atoms with Gasteiger partial charge in [0.25, 0.3) is 5.91 Å². The molecule has 0 unspecified atom stereocenters. The number of hydrogen-bond donors (Lipinski definition) is 1. The highest BCUT2D eigenvalue weighted by Gasteiger charge is 2.10. The molecule has 0 aliphatic rings. The Morgan fingerprint density at radius 2 is 1.79 bits per heavy atom. The number of amides is 1. The molecular weight excluding hydrogens is 349 g/mol. The number of rotatable bonds is 8. The van der Waals surface area contributed by atoms with Crippen LogP contribution in [0.25, 0.3) is 0 Å². The van der Waals surface area contributed by atoms with Crippen LogP contribution in [0, 0.1) is 0 Å². The molecule has 4 nitrogen and oxygen atoms in total. The molecule has 0 aromatic heterocycles. The van der Waals surface area contributed by atoms with Crippen molar-refractivity contribution in [3.63, 3.8) is 0 Å². The number of benzene rings is 2. The fourth-order valence-electron chi connectivity index (χ4n) is 1.96. The van der Waals surface area contributed by atoms with Crippen LogP contribution < -0.4 is 10.1 Å². The van der Waals surface area contributed by atoms with Gasteiger partial charge in [-0.15, -0.1) is 0 Å². The molecule has 0 spiro atoms. The summed E-state index contributed by atoms with van der Waals surface area (Å²) in [7, 11) is 0. The van der Waals surface area contributed by atoms with Crippen molar-refractivity contribution in [2.24, 2.45) is 0 Å². The largest absolute Gasteiger partial charge is 0.491 e. The lowest BCUT2D eigenvalue weighted by molar-refractivity contribution is 0.100. The van der Waals surface area contributed by atoms with E-state index in [1.54, 1.807) is 42.5 Å². The van der Waals surface area contributed by atoms with Gasteiger partial charge in [0.05, 0.1) is 22.3 Å². The zero-order chi connectivity index (χ0) is 17.4. The van der Waals surface area contributed by atoms with Crippen molar-refractivity contribution in [1.82, 2.24) is 0 Å². The minimum Gasteiger partial charge on any atom is -0.491 e. The summed E-state index contributed by atoms with van der Waals surface area (Å²) in [5.41, 5.74) is 0.975. The van der Waals surface area contributed by atoms with Crippen molar-refractivity contribution in [3.05, 3.63) is 58.1 Å². The molecule has 0 heterocycles. The van der Waals surface area contributed by atoms with E-state index < -0.39 is 0 Å². The first-order chi connectivity index (χ1) is 11.6. The number of carbonyl (C=O) groups excluding carboxylic acids is 1. The van der Waals surface area contributed by atoms with E-state index >= 15 is 0 Å². The third-order valence-corrected chi connectivity index (χ3v) is 3.98. The summed E-state index contributed by atoms with van der Waals surface area (Å²) >= 11 is 12.0. The predicted molar refractivity (Wildman–Crippen MR) is 97.5 cm³/mol. The van der Waals surface area contributed by atoms with Crippen LogP contribution in [0.5, 0.6) is 5.75 Å². The summed E-state index contributed by atoms with van der Waals surface area (Å²) in [6.45, 7) is 3.81. The van der Waals surface area contributed by atoms with Crippen LogP contribution in [0.15, 0.2) is 42.5 Å². The van der Waals surface area contributed by atoms with Crippen LogP contribution in [0.3, 0.4) is 0 Å². The summed E-state index contributed by atoms with van der Waals surface area (Å²) in [4.78, 5) is 12.2. The zero-order valence-corrected chi connectivity index (χ0v) is 14.9. The molecule has 2 rings (SSSR count). The monoisotopic (exact) mass is 367 g/mol. The minimum atomic E-state index is -0.267. The molecule has 0 aliphatic heterocycles. The molecule has 2 aromatic carbocycles. The van der Waals surface area contributed by atoms with Gasteiger partial charge in [0.15, 0.2) is 0 Å². The van der Waals surface area contributed by atoms with Crippen LogP contribution in [0.2, 0.25) is 10.0 Å². The Morgan fingerprint density at radius 1 is 1.04 bits per heavy atom. The molecule has 1 amide bonds. The van der Waals surface area contributed by atoms with Gasteiger partial charge in [0.2, 0.25) is 0 Å². The van der Waals surface area contributed by atoms with E-state index in [4.69, 9.17) is 32.7 Å². The zero-order valence-electron chi connectivity index (χ0n) is 13.4. The lowest BCUT2D eigenvalue weighted by Crippen LogP contribution is -2.12. The van der Waals surface area contributed by atoms with Crippen LogP contribution in [-0.2, 0) is 4.74 Å². The second kappa shape index (κ2) is 9.52. The molecule has 0 aliphatic carbocycles. The minimum absolute atomic E-state index is 0.267. The van der Waals surface area contributed by atoms with Gasteiger partial charge in [0, 0.05) is 12.2 Å². The quantitative estimate of drug-likeness (QED) is 0.663. The van der Waals surface area contributed by atoms with Crippen LogP contribution in [0.1, 0.15) is 23.7 Å². The van der Waals surface area contributed by atoms with Crippen LogP contribution >= 0.6 is 23.2 Å². The number of anilines is 1. The SMILES string of the molecule is CCCOCCOc1ccc(C(=O)Nc2cccc(Cl)c2Cl)cc1. The van der Waals surface area contributed by atoms with Crippen molar-refractivity contribution in [3.8, 4) is 5.75 Å². The van der Waals surface area contributed by atoms with Gasteiger partial charge in [-0.25, -0.2) is 0 Å². The average molecular weight is 368 g/mol. The highest BCUT2D eigenvalue weighted by Crippen LogP contribution is 2.29. The molecular formula is C18H19Cl2NO3. The highest BCUT2D eigenvalue weighted by atomic mass is 35.5. The number of nitrogens with one attached hydrogen (secondary N) is 1. The summed E-state index contributed by atoms with van der Waals surface area (Å²) in [6.07, 6.45) is 0.987. The molecule has 0 atom stereocenters. The van der Waals surface area contributed by atoms with E-state index in [9.17, 15) is 4.79 Å². The normalized spacial score (nSPS) is 10.5. The molecule has 6 heteroatoms. The van der Waals surface area contributed by atoms with Gasteiger partial charge in [-0.2, -0.15) is 0 Å². The van der Waals surface area contributed by atoms with Gasteiger partial charge < -0.3 is 14.8 Å². The third-order valence-electron chi connectivity index (χ3n) is 3.16. The van der Waals surface area contributed by atoms with Crippen LogP contribution in [-0.4, -0.2) is 25.7 Å². The molecule has 0 saturated heterocycles. The van der Waals surface area contributed by atoms with Crippen molar-refractivity contribution < 1.29 is 14.3 Å². The second-order valence-electron chi connectivity index (χ2n) is 5.04. The summed E-state index contributed by atoms with van der Waals surface area (Å²) in [5, 5.41) is 3.45. The summed E-state index contributed by atoms with van der Waals surface area (Å²) < 4.78 is 10.9. The van der Waals surface area contributed by atoms with E-state index in [0.29, 0.717) is 40.3 Å². The Morgan fingerprint density at radius 3 is 2.50 bits per heavy atom. The first-order valence-electron chi connectivity index (χ1n) is 7.67. The van der Waals surface area contributed by atoms with Gasteiger partial charge in [-0.3, -0.25) is 4.79 Å². The molecule has 2 aromatic rings. The molecule has 1 N–H and O–H groups in total. The Kier molecular flexibility index (Phi) is 7.37. The molecule has 0 radical (unpaired) electrons. The highest BCUT2D eigenvalue weighted by molar-refractivity contribution is 6.44. The fourth-order valence-corrected chi connectivity index (χ4v) is 2.31. The maximum atomic E-state index is 12.2. The van der Waals surface area contributed by atoms with Gasteiger partial charge in [-0.05, 0) is 42.8 Å². The lowest BCUT2D eigenvalue weighted by atomic mass is 10.2. The topological polar surface area (TPSA) is 47.6 Å². The van der Waals surface area contributed by atoms with Gasteiger partial charge >= 0.3 is 0 Å². The Balaban J connectivity index is 1.90. The van der Waals surface area contributed by atoms with E-state index in [-0.39, 0.29) is 5.91 Å². The summed E-state index contributed by atoms with van der Waals surface area (Å²) in [5.74, 6) is 0.421. The maximum Gasteiger partial charge on any atom is 0.255 e. The van der Waals surface area contributed by atoms with E-state index in [1.165, 1.54) is 0 Å². The Hall–Kier alpha value is -1.75. The van der Waals surface area contributed by atoms with E-state index in [2.05, 4.69) is 12.2 Å². The van der Waals surface area contributed by atoms with Crippen molar-refractivity contribution in [1.29, 1.82) is 0 Å². The molecule has 0 bridgehead atoms. The number of ether oxygens (including phenoxy) is 2. The van der Waals surface area contributed by atoms with E-state index in [1.807, 2.05) is 0 Å². The first kappa shape index (κ1) is 18.6. The summed E-state index contributed by atoms with van der Waals surface area (Å²) in [6, 6.07) is 12.0. The molecule has 0 saturated carbocycles. The smallest absolute Gasteiger partial charge is 0.255 e. The molecule has 24 heavy (non-hydrogen) atoms. The van der Waals surface area contributed by atoms with Gasteiger partial charge in [0.1, 0.15) is 12.4 Å². The van der Waals surface area contributed by atoms with Gasteiger partial charge in [-0.1, -0.05) is 36.2 Å². The average Bonchev–Trinajstić information content (AvgIpc) is 2.59. The fraction of sp³-hybridized carbons (Fsp3) is 0.278. The first-order valence-corrected chi connectivity index (χ1v) is 8.43. The molecule has 128 valence electrons.